The van der Waals surface area contributed by atoms with Crippen LogP contribution in [-0.2, 0) is 0 Å². The molecule has 0 spiro atoms. The summed E-state index contributed by atoms with van der Waals surface area (Å²) in [6.07, 6.45) is 4.17. The molecule has 1 unspecified atom stereocenters. The summed E-state index contributed by atoms with van der Waals surface area (Å²) in [6.45, 7) is 8.49. The van der Waals surface area contributed by atoms with E-state index in [0.29, 0.717) is 18.3 Å². The second kappa shape index (κ2) is 10.3. The van der Waals surface area contributed by atoms with Gasteiger partial charge in [0, 0.05) is 38.1 Å². The summed E-state index contributed by atoms with van der Waals surface area (Å²) < 4.78 is 1.92. The maximum absolute atomic E-state index is 12.4. The van der Waals surface area contributed by atoms with Crippen molar-refractivity contribution >= 4 is 24.0 Å². The number of hydrogen-bond donors (Lipinski definition) is 2. The first kappa shape index (κ1) is 21.3. The van der Waals surface area contributed by atoms with E-state index in [0.717, 1.165) is 39.0 Å². The highest BCUT2D eigenvalue weighted by atomic mass is 35.5. The van der Waals surface area contributed by atoms with Crippen molar-refractivity contribution in [3.05, 3.63) is 47.8 Å². The molecule has 1 aromatic carbocycles. The Kier molecular flexibility index (Phi) is 8.13. The van der Waals surface area contributed by atoms with Crippen LogP contribution in [0.4, 0.5) is 5.69 Å². The van der Waals surface area contributed by atoms with Crippen LogP contribution in [0, 0.1) is 6.92 Å². The Labute approximate surface area is 167 Å². The smallest absolute Gasteiger partial charge is 0.271 e. The van der Waals surface area contributed by atoms with Crippen LogP contribution in [0.15, 0.2) is 36.5 Å². The maximum Gasteiger partial charge on any atom is 0.271 e. The number of likely N-dealkylation sites (N-methyl/N-ethyl adjacent to an activating group) is 1. The van der Waals surface area contributed by atoms with Gasteiger partial charge in [-0.05, 0) is 57.0 Å². The van der Waals surface area contributed by atoms with Crippen molar-refractivity contribution < 1.29 is 4.79 Å². The fraction of sp³-hybridized carbons (Fsp3) is 0.500. The minimum atomic E-state index is -0.104. The third-order valence-corrected chi connectivity index (χ3v) is 4.90. The van der Waals surface area contributed by atoms with Gasteiger partial charge in [-0.15, -0.1) is 12.4 Å². The van der Waals surface area contributed by atoms with Crippen LogP contribution >= 0.6 is 12.4 Å². The van der Waals surface area contributed by atoms with Gasteiger partial charge in [0.1, 0.15) is 5.69 Å². The molecule has 1 aliphatic heterocycles. The van der Waals surface area contributed by atoms with E-state index in [4.69, 9.17) is 0 Å². The SMILES string of the molecule is CCN(CCNC(=O)c1ccn(C2CCCNC2)n1)c1cccc(C)c1.Cl. The second-order valence-electron chi connectivity index (χ2n) is 6.86. The number of carbonyl (C=O) groups is 1. The van der Waals surface area contributed by atoms with E-state index in [2.05, 4.69) is 58.7 Å². The third kappa shape index (κ3) is 5.71. The van der Waals surface area contributed by atoms with Gasteiger partial charge in [-0.25, -0.2) is 0 Å². The van der Waals surface area contributed by atoms with Crippen molar-refractivity contribution in [1.29, 1.82) is 0 Å². The van der Waals surface area contributed by atoms with Crippen molar-refractivity contribution in [3.63, 3.8) is 0 Å². The van der Waals surface area contributed by atoms with Crippen LogP contribution in [0.3, 0.4) is 0 Å². The van der Waals surface area contributed by atoms with Crippen LogP contribution in [0.1, 0.15) is 41.9 Å². The molecule has 1 amide bonds. The van der Waals surface area contributed by atoms with E-state index >= 15 is 0 Å². The van der Waals surface area contributed by atoms with Gasteiger partial charge < -0.3 is 15.5 Å². The van der Waals surface area contributed by atoms with Gasteiger partial charge in [0.2, 0.25) is 0 Å². The first-order valence-electron chi connectivity index (χ1n) is 9.53. The lowest BCUT2D eigenvalue weighted by Crippen LogP contribution is -2.35. The van der Waals surface area contributed by atoms with Crippen LogP contribution in [0.2, 0.25) is 0 Å². The number of rotatable bonds is 7. The summed E-state index contributed by atoms with van der Waals surface area (Å²) in [7, 11) is 0. The number of aryl methyl sites for hydroxylation is 1. The van der Waals surface area contributed by atoms with Crippen molar-refractivity contribution in [2.75, 3.05) is 37.6 Å². The first-order chi connectivity index (χ1) is 12.7. The molecule has 1 saturated heterocycles. The molecule has 148 valence electrons. The molecule has 6 nitrogen and oxygen atoms in total. The quantitative estimate of drug-likeness (QED) is 0.761. The molecule has 1 aromatic heterocycles. The van der Waals surface area contributed by atoms with Gasteiger partial charge in [0.25, 0.3) is 5.91 Å². The number of carbonyl (C=O) groups excluding carboxylic acids is 1. The second-order valence-corrected chi connectivity index (χ2v) is 6.86. The summed E-state index contributed by atoms with van der Waals surface area (Å²) in [5.74, 6) is -0.104. The lowest BCUT2D eigenvalue weighted by molar-refractivity contribution is 0.0948. The number of hydrogen-bond acceptors (Lipinski definition) is 4. The van der Waals surface area contributed by atoms with Crippen LogP contribution < -0.4 is 15.5 Å². The van der Waals surface area contributed by atoms with Crippen LogP contribution in [0.5, 0.6) is 0 Å². The van der Waals surface area contributed by atoms with Crippen molar-refractivity contribution in [2.24, 2.45) is 0 Å². The zero-order valence-electron chi connectivity index (χ0n) is 16.1. The Bertz CT molecular complexity index is 727. The predicted octanol–water partition coefficient (Wildman–Crippen LogP) is 2.79. The molecule has 0 aliphatic carbocycles. The number of aromatic nitrogens is 2. The molecular weight excluding hydrogens is 362 g/mol. The molecule has 3 rings (SSSR count). The number of amides is 1. The fourth-order valence-corrected chi connectivity index (χ4v) is 3.41. The Morgan fingerprint density at radius 1 is 1.41 bits per heavy atom. The van der Waals surface area contributed by atoms with Gasteiger partial charge in [0.05, 0.1) is 6.04 Å². The molecule has 0 saturated carbocycles. The Hall–Kier alpha value is -2.05. The monoisotopic (exact) mass is 391 g/mol. The Morgan fingerprint density at radius 2 is 2.26 bits per heavy atom. The van der Waals surface area contributed by atoms with Gasteiger partial charge in [-0.2, -0.15) is 5.10 Å². The van der Waals surface area contributed by atoms with Crippen molar-refractivity contribution in [3.8, 4) is 0 Å². The van der Waals surface area contributed by atoms with E-state index in [1.807, 2.05) is 16.9 Å². The predicted molar refractivity (Wildman–Crippen MR) is 112 cm³/mol. The average Bonchev–Trinajstić information content (AvgIpc) is 3.16. The highest BCUT2D eigenvalue weighted by Gasteiger charge is 2.17. The van der Waals surface area contributed by atoms with Gasteiger partial charge >= 0.3 is 0 Å². The van der Waals surface area contributed by atoms with E-state index in [1.165, 1.54) is 11.3 Å². The summed E-state index contributed by atoms with van der Waals surface area (Å²) in [5, 5.41) is 10.8. The summed E-state index contributed by atoms with van der Waals surface area (Å²) in [5.41, 5.74) is 2.93. The molecule has 1 fully saturated rings. The molecule has 27 heavy (non-hydrogen) atoms. The van der Waals surface area contributed by atoms with E-state index in [9.17, 15) is 4.79 Å². The third-order valence-electron chi connectivity index (χ3n) is 4.90. The zero-order chi connectivity index (χ0) is 18.4. The van der Waals surface area contributed by atoms with Crippen molar-refractivity contribution in [1.82, 2.24) is 20.4 Å². The molecule has 0 bridgehead atoms. The standard InChI is InChI=1S/C20H29N5O.ClH/c1-3-24(17-7-4-6-16(2)14-17)13-11-22-20(26)19-9-12-25(23-19)18-8-5-10-21-15-18;/h4,6-7,9,12,14,18,21H,3,5,8,10-11,13,15H2,1-2H3,(H,22,26);1H. The molecule has 2 heterocycles. The maximum atomic E-state index is 12.4. The van der Waals surface area contributed by atoms with E-state index in [1.54, 1.807) is 0 Å². The molecule has 7 heteroatoms. The van der Waals surface area contributed by atoms with Gasteiger partial charge in [0.15, 0.2) is 0 Å². The van der Waals surface area contributed by atoms with E-state index < -0.39 is 0 Å². The van der Waals surface area contributed by atoms with Gasteiger partial charge in [-0.1, -0.05) is 12.1 Å². The molecule has 1 aliphatic rings. The van der Waals surface area contributed by atoms with Gasteiger partial charge in [-0.3, -0.25) is 9.48 Å². The largest absolute Gasteiger partial charge is 0.370 e. The first-order valence-corrected chi connectivity index (χ1v) is 9.53. The Balaban J connectivity index is 0.00000261. The fourth-order valence-electron chi connectivity index (χ4n) is 3.41. The number of nitrogens with one attached hydrogen (secondary N) is 2. The Morgan fingerprint density at radius 3 is 2.96 bits per heavy atom. The topological polar surface area (TPSA) is 62.2 Å². The van der Waals surface area contributed by atoms with Crippen molar-refractivity contribution in [2.45, 2.75) is 32.7 Å². The lowest BCUT2D eigenvalue weighted by atomic mass is 10.1. The summed E-state index contributed by atoms with van der Waals surface area (Å²) >= 11 is 0. The summed E-state index contributed by atoms with van der Waals surface area (Å²) in [4.78, 5) is 14.6. The molecule has 2 N–H and O–H groups in total. The van der Waals surface area contributed by atoms with Crippen LogP contribution in [0.25, 0.3) is 0 Å². The highest BCUT2D eigenvalue weighted by molar-refractivity contribution is 5.92. The highest BCUT2D eigenvalue weighted by Crippen LogP contribution is 2.16. The minimum Gasteiger partial charge on any atom is -0.370 e. The molecule has 1 atom stereocenters. The molecule has 2 aromatic rings. The van der Waals surface area contributed by atoms with E-state index in [-0.39, 0.29) is 18.3 Å². The number of piperidine rings is 1. The lowest BCUT2D eigenvalue weighted by Gasteiger charge is -2.23. The molecular formula is C20H30ClN5O. The number of anilines is 1. The normalized spacial score (nSPS) is 16.4. The number of halogens is 1. The minimum absolute atomic E-state index is 0. The summed E-state index contributed by atoms with van der Waals surface area (Å²) in [6, 6.07) is 10.6. The number of nitrogens with zero attached hydrogens (tertiary/aromatic N) is 3. The van der Waals surface area contributed by atoms with Crippen LogP contribution in [-0.4, -0.2) is 48.4 Å². The number of benzene rings is 1. The zero-order valence-corrected chi connectivity index (χ0v) is 17.0. The average molecular weight is 392 g/mol. The molecule has 0 radical (unpaired) electrons.